The molecule has 1 N–H and O–H groups in total. The molecule has 4 nitrogen and oxygen atoms in total. The van der Waals surface area contributed by atoms with Crippen molar-refractivity contribution in [3.05, 3.63) is 45.9 Å². The minimum Gasteiger partial charge on any atom is -0.377 e. The highest BCUT2D eigenvalue weighted by Crippen LogP contribution is 2.17. The summed E-state index contributed by atoms with van der Waals surface area (Å²) in [4.78, 5) is 16.5. The van der Waals surface area contributed by atoms with Crippen molar-refractivity contribution < 1.29 is 9.53 Å². The van der Waals surface area contributed by atoms with Crippen molar-refractivity contribution in [1.82, 2.24) is 4.98 Å². The van der Waals surface area contributed by atoms with Crippen LogP contribution in [0.2, 0.25) is 0 Å². The van der Waals surface area contributed by atoms with Crippen molar-refractivity contribution in [2.24, 2.45) is 0 Å². The molecule has 21 heavy (non-hydrogen) atoms. The van der Waals surface area contributed by atoms with Gasteiger partial charge >= 0.3 is 0 Å². The number of hydrogen-bond acceptors (Lipinski definition) is 4. The molecule has 1 heterocycles. The smallest absolute Gasteiger partial charge is 0.230 e. The Bertz CT molecular complexity index is 595. The van der Waals surface area contributed by atoms with Crippen molar-refractivity contribution in [1.29, 1.82) is 0 Å². The van der Waals surface area contributed by atoms with Crippen LogP contribution in [0.5, 0.6) is 0 Å². The number of nitrogens with one attached hydrogen (secondary N) is 1. The molecule has 0 aliphatic carbocycles. The predicted molar refractivity (Wildman–Crippen MR) is 85.6 cm³/mol. The number of ether oxygens (including phenoxy) is 1. The van der Waals surface area contributed by atoms with E-state index < -0.39 is 0 Å². The van der Waals surface area contributed by atoms with Gasteiger partial charge in [-0.05, 0) is 19.4 Å². The van der Waals surface area contributed by atoms with E-state index in [0.29, 0.717) is 19.6 Å². The van der Waals surface area contributed by atoms with E-state index in [0.717, 1.165) is 28.4 Å². The Morgan fingerprint density at radius 2 is 2.14 bits per heavy atom. The standard InChI is InChI=1S/C16H20N2O2S/c1-3-16-17-13(11-21-16)9-15(19)18-14-8-6-5-7-12(14)10-20-4-2/h5-8,11H,3-4,9-10H2,1-2H3,(H,18,19). The first-order valence-electron chi connectivity index (χ1n) is 7.11. The summed E-state index contributed by atoms with van der Waals surface area (Å²) in [6, 6.07) is 7.70. The van der Waals surface area contributed by atoms with Crippen molar-refractivity contribution >= 4 is 22.9 Å². The van der Waals surface area contributed by atoms with Crippen LogP contribution in [0.15, 0.2) is 29.6 Å². The number of benzene rings is 1. The average Bonchev–Trinajstić information content (AvgIpc) is 2.94. The fourth-order valence-electron chi connectivity index (χ4n) is 1.93. The third-order valence-corrected chi connectivity index (χ3v) is 4.04. The molecule has 1 aromatic heterocycles. The number of aryl methyl sites for hydroxylation is 1. The van der Waals surface area contributed by atoms with Crippen LogP contribution in [0.3, 0.4) is 0 Å². The zero-order valence-corrected chi connectivity index (χ0v) is 13.2. The van der Waals surface area contributed by atoms with Gasteiger partial charge in [-0.15, -0.1) is 11.3 Å². The summed E-state index contributed by atoms with van der Waals surface area (Å²) in [7, 11) is 0. The lowest BCUT2D eigenvalue weighted by molar-refractivity contribution is -0.115. The first-order chi connectivity index (χ1) is 10.2. The Kier molecular flexibility index (Phi) is 5.90. The molecular formula is C16H20N2O2S. The lowest BCUT2D eigenvalue weighted by atomic mass is 10.2. The van der Waals surface area contributed by atoms with Crippen molar-refractivity contribution in [2.45, 2.75) is 33.3 Å². The normalized spacial score (nSPS) is 10.6. The fraction of sp³-hybridized carbons (Fsp3) is 0.375. The monoisotopic (exact) mass is 304 g/mol. The van der Waals surface area contributed by atoms with Crippen LogP contribution >= 0.6 is 11.3 Å². The topological polar surface area (TPSA) is 51.2 Å². The largest absolute Gasteiger partial charge is 0.377 e. The van der Waals surface area contributed by atoms with E-state index in [-0.39, 0.29) is 5.91 Å². The van der Waals surface area contributed by atoms with Gasteiger partial charge in [0.1, 0.15) is 0 Å². The third kappa shape index (κ3) is 4.65. The number of anilines is 1. The summed E-state index contributed by atoms with van der Waals surface area (Å²) in [5.41, 5.74) is 2.62. The molecule has 5 heteroatoms. The van der Waals surface area contributed by atoms with Gasteiger partial charge in [0.25, 0.3) is 0 Å². The predicted octanol–water partition coefficient (Wildman–Crippen LogP) is 3.42. The number of amides is 1. The highest BCUT2D eigenvalue weighted by Gasteiger charge is 2.09. The van der Waals surface area contributed by atoms with Gasteiger partial charge in [-0.3, -0.25) is 4.79 Å². The number of thiazole rings is 1. The molecule has 0 aliphatic rings. The van der Waals surface area contributed by atoms with Crippen LogP contribution in [0.25, 0.3) is 0 Å². The zero-order chi connectivity index (χ0) is 15.1. The molecule has 0 fully saturated rings. The lowest BCUT2D eigenvalue weighted by Crippen LogP contribution is -2.16. The molecule has 0 saturated heterocycles. The van der Waals surface area contributed by atoms with Crippen LogP contribution in [-0.2, 0) is 29.0 Å². The van der Waals surface area contributed by atoms with Gasteiger partial charge in [0.2, 0.25) is 5.91 Å². The van der Waals surface area contributed by atoms with Crippen LogP contribution in [0.1, 0.15) is 30.1 Å². The highest BCUT2D eigenvalue weighted by atomic mass is 32.1. The van der Waals surface area contributed by atoms with Gasteiger partial charge in [-0.25, -0.2) is 4.98 Å². The fourth-order valence-corrected chi connectivity index (χ4v) is 2.68. The Labute approximate surface area is 129 Å². The lowest BCUT2D eigenvalue weighted by Gasteiger charge is -2.10. The van der Waals surface area contributed by atoms with Gasteiger partial charge in [0.05, 0.1) is 23.7 Å². The second-order valence-electron chi connectivity index (χ2n) is 4.61. The van der Waals surface area contributed by atoms with Gasteiger partial charge in [-0.2, -0.15) is 0 Å². The van der Waals surface area contributed by atoms with E-state index in [2.05, 4.69) is 17.2 Å². The molecule has 0 radical (unpaired) electrons. The van der Waals surface area contributed by atoms with Crippen molar-refractivity contribution in [3.63, 3.8) is 0 Å². The number of carbonyl (C=O) groups is 1. The molecule has 0 unspecified atom stereocenters. The van der Waals surface area contributed by atoms with E-state index >= 15 is 0 Å². The molecule has 1 aromatic carbocycles. The number of carbonyl (C=O) groups excluding carboxylic acids is 1. The van der Waals surface area contributed by atoms with E-state index in [1.807, 2.05) is 36.6 Å². The first-order valence-corrected chi connectivity index (χ1v) is 7.99. The molecule has 0 aliphatic heterocycles. The Morgan fingerprint density at radius 3 is 2.86 bits per heavy atom. The minimum absolute atomic E-state index is 0.0492. The molecule has 0 saturated carbocycles. The van der Waals surface area contributed by atoms with Crippen LogP contribution in [-0.4, -0.2) is 17.5 Å². The molecule has 112 valence electrons. The number of para-hydroxylation sites is 1. The number of rotatable bonds is 7. The molecule has 0 bridgehead atoms. The molecular weight excluding hydrogens is 284 g/mol. The van der Waals surface area contributed by atoms with Crippen LogP contribution < -0.4 is 5.32 Å². The van der Waals surface area contributed by atoms with E-state index in [1.165, 1.54) is 0 Å². The summed E-state index contributed by atoms with van der Waals surface area (Å²) in [6.45, 7) is 5.17. The van der Waals surface area contributed by atoms with Crippen molar-refractivity contribution in [2.75, 3.05) is 11.9 Å². The van der Waals surface area contributed by atoms with Crippen LogP contribution in [0.4, 0.5) is 5.69 Å². The Balaban J connectivity index is 1.98. The van der Waals surface area contributed by atoms with Gasteiger partial charge in [0.15, 0.2) is 0 Å². The highest BCUT2D eigenvalue weighted by molar-refractivity contribution is 7.09. The van der Waals surface area contributed by atoms with E-state index in [9.17, 15) is 4.79 Å². The summed E-state index contributed by atoms with van der Waals surface area (Å²) >= 11 is 1.60. The van der Waals surface area contributed by atoms with Gasteiger partial charge in [0, 0.05) is 23.2 Å². The van der Waals surface area contributed by atoms with Crippen molar-refractivity contribution in [3.8, 4) is 0 Å². The Morgan fingerprint density at radius 1 is 1.33 bits per heavy atom. The summed E-state index contributed by atoms with van der Waals surface area (Å²) in [6.07, 6.45) is 1.21. The van der Waals surface area contributed by atoms with Gasteiger partial charge < -0.3 is 10.1 Å². The molecule has 0 spiro atoms. The number of aromatic nitrogens is 1. The minimum atomic E-state index is -0.0492. The summed E-state index contributed by atoms with van der Waals surface area (Å²) < 4.78 is 5.42. The summed E-state index contributed by atoms with van der Waals surface area (Å²) in [5.74, 6) is -0.0492. The maximum absolute atomic E-state index is 12.1. The SMILES string of the molecule is CCOCc1ccccc1NC(=O)Cc1csc(CC)n1. The first kappa shape index (κ1) is 15.7. The average molecular weight is 304 g/mol. The molecule has 2 rings (SSSR count). The summed E-state index contributed by atoms with van der Waals surface area (Å²) in [5, 5.41) is 5.95. The van der Waals surface area contributed by atoms with E-state index in [1.54, 1.807) is 11.3 Å². The number of nitrogens with zero attached hydrogens (tertiary/aromatic N) is 1. The Hall–Kier alpha value is -1.72. The zero-order valence-electron chi connectivity index (χ0n) is 12.4. The van der Waals surface area contributed by atoms with E-state index in [4.69, 9.17) is 4.74 Å². The maximum atomic E-state index is 12.1. The molecule has 2 aromatic rings. The molecule has 0 atom stereocenters. The molecule has 1 amide bonds. The maximum Gasteiger partial charge on any atom is 0.230 e. The second kappa shape index (κ2) is 7.90. The van der Waals surface area contributed by atoms with Crippen LogP contribution in [0, 0.1) is 0 Å². The van der Waals surface area contributed by atoms with Gasteiger partial charge in [-0.1, -0.05) is 25.1 Å². The quantitative estimate of drug-likeness (QED) is 0.852. The second-order valence-corrected chi connectivity index (χ2v) is 5.55. The number of hydrogen-bond donors (Lipinski definition) is 1. The third-order valence-electron chi connectivity index (χ3n) is 3.00.